The predicted octanol–water partition coefficient (Wildman–Crippen LogP) is 1.22. The molecule has 10 heavy (non-hydrogen) atoms. The smallest absolute Gasteiger partial charge is 0.304 e. The van der Waals surface area contributed by atoms with Crippen molar-refractivity contribution in [2.45, 2.75) is 18.6 Å². The van der Waals surface area contributed by atoms with Crippen molar-refractivity contribution in [3.63, 3.8) is 0 Å². The molecule has 0 radical (unpaired) electrons. The molecule has 0 aromatic carbocycles. The molecule has 0 aromatic heterocycles. The zero-order valence-electron chi connectivity index (χ0n) is 5.83. The summed E-state index contributed by atoms with van der Waals surface area (Å²) in [5.41, 5.74) is 0. The van der Waals surface area contributed by atoms with E-state index in [1.165, 1.54) is 11.8 Å². The van der Waals surface area contributed by atoms with Gasteiger partial charge in [0.1, 0.15) is 0 Å². The summed E-state index contributed by atoms with van der Waals surface area (Å²) in [6.45, 7) is 1.86. The molecule has 0 heterocycles. The van der Waals surface area contributed by atoms with Crippen LogP contribution in [0.2, 0.25) is 0 Å². The van der Waals surface area contributed by atoms with Crippen LogP contribution >= 0.6 is 11.8 Å². The molecule has 0 aromatic rings. The summed E-state index contributed by atoms with van der Waals surface area (Å²) < 4.78 is 0. The Morgan fingerprint density at radius 2 is 2.50 bits per heavy atom. The minimum absolute atomic E-state index is 0.119. The van der Waals surface area contributed by atoms with E-state index >= 15 is 0 Å². The fourth-order valence-electron chi connectivity index (χ4n) is 0.495. The van der Waals surface area contributed by atoms with E-state index in [0.29, 0.717) is 5.75 Å². The number of hydrogen-bond donors (Lipinski definition) is 1. The van der Waals surface area contributed by atoms with Gasteiger partial charge in [-0.05, 0) is 0 Å². The van der Waals surface area contributed by atoms with Crippen LogP contribution in [0.5, 0.6) is 0 Å². The van der Waals surface area contributed by atoms with Gasteiger partial charge in [-0.25, -0.2) is 0 Å². The van der Waals surface area contributed by atoms with Crippen molar-refractivity contribution in [2.75, 3.05) is 5.75 Å². The predicted molar refractivity (Wildman–Crippen MR) is 43.0 cm³/mol. The molecule has 56 valence electrons. The van der Waals surface area contributed by atoms with E-state index in [-0.39, 0.29) is 11.7 Å². The van der Waals surface area contributed by atoms with Gasteiger partial charge in [0, 0.05) is 5.25 Å². The molecule has 1 unspecified atom stereocenters. The van der Waals surface area contributed by atoms with E-state index in [0.717, 1.165) is 0 Å². The van der Waals surface area contributed by atoms with Crippen molar-refractivity contribution in [2.24, 2.45) is 0 Å². The van der Waals surface area contributed by atoms with Gasteiger partial charge >= 0.3 is 5.97 Å². The van der Waals surface area contributed by atoms with Crippen LogP contribution in [0.15, 0.2) is 0 Å². The molecule has 0 aliphatic rings. The van der Waals surface area contributed by atoms with Crippen LogP contribution in [0.4, 0.5) is 0 Å². The third-order valence-corrected chi connectivity index (χ3v) is 1.98. The van der Waals surface area contributed by atoms with Crippen molar-refractivity contribution < 1.29 is 9.90 Å². The van der Waals surface area contributed by atoms with E-state index in [9.17, 15) is 4.79 Å². The lowest BCUT2D eigenvalue weighted by Gasteiger charge is -2.03. The maximum Gasteiger partial charge on any atom is 0.304 e. The second kappa shape index (κ2) is 5.19. The number of aliphatic carboxylic acids is 1. The Bertz CT molecular complexity index is 148. The van der Waals surface area contributed by atoms with Crippen LogP contribution in [-0.2, 0) is 4.79 Å². The van der Waals surface area contributed by atoms with Crippen molar-refractivity contribution in [1.29, 1.82) is 0 Å². The Balaban J connectivity index is 3.36. The highest BCUT2D eigenvalue weighted by Crippen LogP contribution is 2.12. The Morgan fingerprint density at radius 3 is 2.90 bits per heavy atom. The van der Waals surface area contributed by atoms with Crippen molar-refractivity contribution >= 4 is 17.7 Å². The Morgan fingerprint density at radius 1 is 1.90 bits per heavy atom. The van der Waals surface area contributed by atoms with Crippen LogP contribution < -0.4 is 0 Å². The zero-order chi connectivity index (χ0) is 7.98. The van der Waals surface area contributed by atoms with Gasteiger partial charge in [0.2, 0.25) is 0 Å². The maximum atomic E-state index is 10.1. The summed E-state index contributed by atoms with van der Waals surface area (Å²) in [6, 6.07) is 0. The molecule has 0 rings (SSSR count). The first-order valence-corrected chi connectivity index (χ1v) is 3.98. The fraction of sp³-hybridized carbons (Fsp3) is 0.571. The molecule has 0 spiro atoms. The number of carbonyl (C=O) groups is 1. The number of carboxylic acid groups (broad SMARTS) is 1. The van der Waals surface area contributed by atoms with Crippen LogP contribution in [-0.4, -0.2) is 22.1 Å². The first kappa shape index (κ1) is 9.38. The summed E-state index contributed by atoms with van der Waals surface area (Å²) >= 11 is 1.49. The highest BCUT2D eigenvalue weighted by Gasteiger charge is 2.05. The van der Waals surface area contributed by atoms with Crippen LogP contribution in [0, 0.1) is 12.3 Å². The zero-order valence-corrected chi connectivity index (χ0v) is 6.65. The van der Waals surface area contributed by atoms with E-state index < -0.39 is 5.97 Å². The lowest BCUT2D eigenvalue weighted by atomic mass is 10.3. The van der Waals surface area contributed by atoms with Gasteiger partial charge in [-0.2, -0.15) is 0 Å². The van der Waals surface area contributed by atoms with E-state index in [1.54, 1.807) is 0 Å². The summed E-state index contributed by atoms with van der Waals surface area (Å²) in [6.07, 6.45) is 5.18. The number of terminal acetylenes is 1. The number of carboxylic acids is 1. The molecular formula is C7H10O2S. The molecule has 0 saturated heterocycles. The van der Waals surface area contributed by atoms with Gasteiger partial charge in [0.15, 0.2) is 0 Å². The fourth-order valence-corrected chi connectivity index (χ4v) is 1.14. The minimum atomic E-state index is -0.767. The lowest BCUT2D eigenvalue weighted by molar-refractivity contribution is -0.136. The Labute approximate surface area is 65.0 Å². The van der Waals surface area contributed by atoms with Crippen LogP contribution in [0.25, 0.3) is 0 Å². The second-order valence-electron chi connectivity index (χ2n) is 1.92. The highest BCUT2D eigenvalue weighted by atomic mass is 32.2. The Kier molecular flexibility index (Phi) is 4.87. The molecule has 0 fully saturated rings. The van der Waals surface area contributed by atoms with E-state index in [1.807, 2.05) is 6.92 Å². The third-order valence-electron chi connectivity index (χ3n) is 0.913. The van der Waals surface area contributed by atoms with Crippen molar-refractivity contribution in [1.82, 2.24) is 0 Å². The van der Waals surface area contributed by atoms with Gasteiger partial charge in [0.25, 0.3) is 0 Å². The molecule has 3 heteroatoms. The monoisotopic (exact) mass is 158 g/mol. The summed E-state index contributed by atoms with van der Waals surface area (Å²) in [5.74, 6) is 2.27. The number of rotatable bonds is 4. The lowest BCUT2D eigenvalue weighted by Crippen LogP contribution is -2.05. The highest BCUT2D eigenvalue weighted by molar-refractivity contribution is 8.00. The molecular weight excluding hydrogens is 148 g/mol. The molecule has 1 N–H and O–H groups in total. The number of hydrogen-bond acceptors (Lipinski definition) is 2. The SMILES string of the molecule is C#CCSC(C)CC(=O)O. The molecule has 2 nitrogen and oxygen atoms in total. The Hall–Kier alpha value is -0.620. The van der Waals surface area contributed by atoms with Gasteiger partial charge in [-0.1, -0.05) is 12.8 Å². The summed E-state index contributed by atoms with van der Waals surface area (Å²) in [7, 11) is 0. The maximum absolute atomic E-state index is 10.1. The van der Waals surface area contributed by atoms with Crippen LogP contribution in [0.3, 0.4) is 0 Å². The summed E-state index contributed by atoms with van der Waals surface area (Å²) in [5, 5.41) is 8.44. The molecule has 0 saturated carbocycles. The first-order valence-electron chi connectivity index (χ1n) is 2.93. The van der Waals surface area contributed by atoms with Crippen molar-refractivity contribution in [3.8, 4) is 12.3 Å². The van der Waals surface area contributed by atoms with Gasteiger partial charge in [-0.3, -0.25) is 4.79 Å². The van der Waals surface area contributed by atoms with Crippen molar-refractivity contribution in [3.05, 3.63) is 0 Å². The molecule has 0 aliphatic heterocycles. The molecule has 0 aliphatic carbocycles. The average molecular weight is 158 g/mol. The van der Waals surface area contributed by atoms with Gasteiger partial charge in [0.05, 0.1) is 12.2 Å². The van der Waals surface area contributed by atoms with Gasteiger partial charge < -0.3 is 5.11 Å². The molecule has 1 atom stereocenters. The largest absolute Gasteiger partial charge is 0.481 e. The molecule has 0 bridgehead atoms. The second-order valence-corrected chi connectivity index (χ2v) is 3.35. The van der Waals surface area contributed by atoms with Crippen LogP contribution in [0.1, 0.15) is 13.3 Å². The normalized spacial score (nSPS) is 12.0. The average Bonchev–Trinajstić information content (AvgIpc) is 1.82. The van der Waals surface area contributed by atoms with E-state index in [4.69, 9.17) is 11.5 Å². The topological polar surface area (TPSA) is 37.3 Å². The summed E-state index contributed by atoms with van der Waals surface area (Å²) in [4.78, 5) is 10.1. The van der Waals surface area contributed by atoms with E-state index in [2.05, 4.69) is 5.92 Å². The molecule has 0 amide bonds. The standard InChI is InChI=1S/C7H10O2S/c1-3-4-10-6(2)5-7(8)9/h1,6H,4-5H2,2H3,(H,8,9). The van der Waals surface area contributed by atoms with Gasteiger partial charge in [-0.15, -0.1) is 18.2 Å². The first-order chi connectivity index (χ1) is 4.66. The third kappa shape index (κ3) is 5.52. The minimum Gasteiger partial charge on any atom is -0.481 e. The quantitative estimate of drug-likeness (QED) is 0.625. The number of thioether (sulfide) groups is 1.